The van der Waals surface area contributed by atoms with Gasteiger partial charge < -0.3 is 15.2 Å². The predicted molar refractivity (Wildman–Crippen MR) is 48.2 cm³/mol. The number of carboxylic acid groups (broad SMARTS) is 1. The lowest BCUT2D eigenvalue weighted by atomic mass is 10.1. The first-order valence-corrected chi connectivity index (χ1v) is 3.94. The Morgan fingerprint density at radius 2 is 2.43 bits per heavy atom. The van der Waals surface area contributed by atoms with Crippen LogP contribution in [0.5, 0.6) is 0 Å². The first kappa shape index (κ1) is 10.3. The topological polar surface area (TPSA) is 105 Å². The van der Waals surface area contributed by atoms with E-state index in [1.54, 1.807) is 6.92 Å². The molecule has 1 rings (SSSR count). The van der Waals surface area contributed by atoms with Crippen molar-refractivity contribution in [3.05, 3.63) is 10.1 Å². The number of carboxylic acids is 1. The van der Waals surface area contributed by atoms with Crippen LogP contribution in [0.4, 0.5) is 0 Å². The Bertz CT molecular complexity index is 336. The zero-order chi connectivity index (χ0) is 10.8. The molecule has 0 bridgehead atoms. The Morgan fingerprint density at radius 3 is 2.86 bits per heavy atom. The smallest absolute Gasteiger partial charge is 0.378 e. The summed E-state index contributed by atoms with van der Waals surface area (Å²) in [4.78, 5) is 27.5. The maximum atomic E-state index is 10.3. The molecule has 7 heteroatoms. The molecule has 1 atom stereocenters. The highest BCUT2D eigenvalue weighted by molar-refractivity contribution is 6.26. The summed E-state index contributed by atoms with van der Waals surface area (Å²) in [5.74, 6) is -1.29. The summed E-state index contributed by atoms with van der Waals surface area (Å²) in [6.45, 7) is 1.56. The number of hydrogen-bond donors (Lipinski definition) is 1. The normalized spacial score (nSPS) is 24.8. The highest BCUT2D eigenvalue weighted by atomic mass is 16.6. The van der Waals surface area contributed by atoms with Gasteiger partial charge in [-0.25, -0.2) is 4.99 Å². The first-order chi connectivity index (χ1) is 6.43. The summed E-state index contributed by atoms with van der Waals surface area (Å²) in [5.41, 5.74) is -0.985. The maximum Gasteiger partial charge on any atom is 0.378 e. The van der Waals surface area contributed by atoms with Crippen LogP contribution in [-0.4, -0.2) is 33.7 Å². The van der Waals surface area contributed by atoms with Crippen molar-refractivity contribution in [2.24, 2.45) is 9.98 Å². The van der Waals surface area contributed by atoms with Crippen LogP contribution in [0.2, 0.25) is 0 Å². The molecule has 0 saturated heterocycles. The third-order valence-corrected chi connectivity index (χ3v) is 1.81. The van der Waals surface area contributed by atoms with E-state index in [-0.39, 0.29) is 18.7 Å². The molecule has 1 heterocycles. The Morgan fingerprint density at radius 1 is 1.79 bits per heavy atom. The van der Waals surface area contributed by atoms with Crippen molar-refractivity contribution in [3.63, 3.8) is 0 Å². The average molecular weight is 199 g/mol. The quantitative estimate of drug-likeness (QED) is 0.522. The minimum atomic E-state index is -0.985. The average Bonchev–Trinajstić information content (AvgIpc) is 2.46. The van der Waals surface area contributed by atoms with E-state index in [0.717, 1.165) is 6.21 Å². The first-order valence-electron chi connectivity index (χ1n) is 3.94. The minimum absolute atomic E-state index is 0.109. The summed E-state index contributed by atoms with van der Waals surface area (Å²) >= 11 is 0. The van der Waals surface area contributed by atoms with Crippen molar-refractivity contribution in [1.82, 2.24) is 0 Å². The highest BCUT2D eigenvalue weighted by Gasteiger charge is 2.36. The number of aliphatic carboxylic acids is 1. The van der Waals surface area contributed by atoms with Gasteiger partial charge in [0.15, 0.2) is 0 Å². The predicted octanol–water partition coefficient (Wildman–Crippen LogP) is 0.327. The van der Waals surface area contributed by atoms with Crippen LogP contribution in [0.3, 0.4) is 0 Å². The minimum Gasteiger partial charge on any atom is -0.481 e. The molecule has 1 aliphatic rings. The Labute approximate surface area is 79.3 Å². The van der Waals surface area contributed by atoms with Crippen molar-refractivity contribution >= 4 is 18.0 Å². The van der Waals surface area contributed by atoms with Gasteiger partial charge in [0.1, 0.15) is 6.21 Å². The number of amidine groups is 1. The van der Waals surface area contributed by atoms with E-state index in [1.807, 2.05) is 0 Å². The van der Waals surface area contributed by atoms with Gasteiger partial charge >= 0.3 is 11.8 Å². The van der Waals surface area contributed by atoms with Gasteiger partial charge in [-0.15, -0.1) is 0 Å². The highest BCUT2D eigenvalue weighted by Crippen LogP contribution is 2.22. The van der Waals surface area contributed by atoms with Crippen LogP contribution < -0.4 is 0 Å². The van der Waals surface area contributed by atoms with Crippen molar-refractivity contribution in [2.45, 2.75) is 25.4 Å². The second-order valence-electron chi connectivity index (χ2n) is 3.10. The monoisotopic (exact) mass is 199 g/mol. The molecule has 0 saturated carbocycles. The molecule has 0 aromatic carbocycles. The molecule has 7 nitrogen and oxygen atoms in total. The van der Waals surface area contributed by atoms with Crippen LogP contribution in [0, 0.1) is 10.1 Å². The van der Waals surface area contributed by atoms with E-state index in [1.165, 1.54) is 0 Å². The molecule has 0 aromatic rings. The van der Waals surface area contributed by atoms with Crippen LogP contribution in [0.15, 0.2) is 9.98 Å². The molecular weight excluding hydrogens is 190 g/mol. The van der Waals surface area contributed by atoms with Crippen molar-refractivity contribution < 1.29 is 14.8 Å². The summed E-state index contributed by atoms with van der Waals surface area (Å²) in [5, 5.41) is 18.7. The zero-order valence-corrected chi connectivity index (χ0v) is 7.51. The van der Waals surface area contributed by atoms with Gasteiger partial charge in [-0.2, -0.15) is 0 Å². The molecule has 76 valence electrons. The van der Waals surface area contributed by atoms with E-state index in [0.29, 0.717) is 0 Å². The van der Waals surface area contributed by atoms with E-state index in [2.05, 4.69) is 9.98 Å². The lowest BCUT2D eigenvalue weighted by Crippen LogP contribution is -2.19. The fraction of sp³-hybridized carbons (Fsp3) is 0.571. The van der Waals surface area contributed by atoms with E-state index in [9.17, 15) is 14.9 Å². The summed E-state index contributed by atoms with van der Waals surface area (Å²) in [7, 11) is 0. The fourth-order valence-electron chi connectivity index (χ4n) is 1.05. The Kier molecular flexibility index (Phi) is 2.59. The second-order valence-corrected chi connectivity index (χ2v) is 3.10. The molecule has 1 aliphatic heterocycles. The van der Waals surface area contributed by atoms with E-state index >= 15 is 0 Å². The largest absolute Gasteiger partial charge is 0.481 e. The van der Waals surface area contributed by atoms with Gasteiger partial charge in [0.05, 0.1) is 6.42 Å². The standard InChI is InChI=1S/C7H9N3O4/c1-7(3-2-6(11)12)8-4-5(9-7)10(13)14/h4H,2-3H2,1H3,(H,11,12). The molecule has 0 fully saturated rings. The summed E-state index contributed by atoms with van der Waals surface area (Å²) < 4.78 is 0. The molecular formula is C7H9N3O4. The SMILES string of the molecule is CC1(CCC(=O)O)N=CC([N+](=O)[O-])=N1. The van der Waals surface area contributed by atoms with Crippen molar-refractivity contribution in [2.75, 3.05) is 0 Å². The third kappa shape index (κ3) is 2.35. The van der Waals surface area contributed by atoms with Gasteiger partial charge in [0.25, 0.3) is 0 Å². The maximum absolute atomic E-state index is 10.3. The molecule has 0 aromatic heterocycles. The van der Waals surface area contributed by atoms with Crippen molar-refractivity contribution in [1.29, 1.82) is 0 Å². The second kappa shape index (κ2) is 3.52. The molecule has 1 N–H and O–H groups in total. The van der Waals surface area contributed by atoms with Crippen LogP contribution in [0.1, 0.15) is 19.8 Å². The Balaban J connectivity index is 2.66. The summed E-state index contributed by atoms with van der Waals surface area (Å²) in [6.07, 6.45) is 1.11. The lowest BCUT2D eigenvalue weighted by Gasteiger charge is -2.08. The van der Waals surface area contributed by atoms with Crippen LogP contribution in [0.25, 0.3) is 0 Å². The number of hydrogen-bond acceptors (Lipinski definition) is 5. The fourth-order valence-corrected chi connectivity index (χ4v) is 1.05. The van der Waals surface area contributed by atoms with Crippen LogP contribution >= 0.6 is 0 Å². The van der Waals surface area contributed by atoms with Crippen LogP contribution in [-0.2, 0) is 4.79 Å². The number of nitrogens with zero attached hydrogens (tertiary/aromatic N) is 3. The van der Waals surface area contributed by atoms with Gasteiger partial charge in [-0.05, 0) is 9.92 Å². The molecule has 14 heavy (non-hydrogen) atoms. The van der Waals surface area contributed by atoms with Gasteiger partial charge in [-0.3, -0.25) is 4.79 Å². The zero-order valence-electron chi connectivity index (χ0n) is 7.51. The number of aliphatic imine (C=N–C) groups is 2. The molecule has 0 amide bonds. The molecule has 0 radical (unpaired) electrons. The lowest BCUT2D eigenvalue weighted by molar-refractivity contribution is -0.345. The number of nitro groups is 1. The van der Waals surface area contributed by atoms with E-state index in [4.69, 9.17) is 5.11 Å². The third-order valence-electron chi connectivity index (χ3n) is 1.81. The molecule has 1 unspecified atom stereocenters. The van der Waals surface area contributed by atoms with E-state index < -0.39 is 16.6 Å². The van der Waals surface area contributed by atoms with Gasteiger partial charge in [0, 0.05) is 13.3 Å². The van der Waals surface area contributed by atoms with Crippen molar-refractivity contribution in [3.8, 4) is 0 Å². The van der Waals surface area contributed by atoms with Gasteiger partial charge in [0.2, 0.25) is 5.66 Å². The number of rotatable bonds is 3. The summed E-state index contributed by atoms with van der Waals surface area (Å²) in [6, 6.07) is 0. The number of carbonyl (C=O) groups is 1. The Hall–Kier alpha value is -1.79. The molecule has 0 spiro atoms. The van der Waals surface area contributed by atoms with Gasteiger partial charge in [-0.1, -0.05) is 0 Å². The molecule has 0 aliphatic carbocycles.